The predicted octanol–water partition coefficient (Wildman–Crippen LogP) is 3.32. The molecule has 2 N–H and O–H groups in total. The lowest BCUT2D eigenvalue weighted by Crippen LogP contribution is -2.08. The van der Waals surface area contributed by atoms with Gasteiger partial charge < -0.3 is 5.73 Å². The summed E-state index contributed by atoms with van der Waals surface area (Å²) in [5.74, 6) is 0. The molecule has 2 aromatic heterocycles. The molecule has 2 heterocycles. The predicted molar refractivity (Wildman–Crippen MR) is 77.6 cm³/mol. The molecular formula is C16H15N3. The Morgan fingerprint density at radius 2 is 1.84 bits per heavy atom. The second kappa shape index (κ2) is 4.78. The van der Waals surface area contributed by atoms with Crippen LogP contribution < -0.4 is 5.73 Å². The highest BCUT2D eigenvalue weighted by molar-refractivity contribution is 5.80. The van der Waals surface area contributed by atoms with E-state index >= 15 is 0 Å². The fourth-order valence-electron chi connectivity index (χ4n) is 2.20. The van der Waals surface area contributed by atoms with Gasteiger partial charge in [0.2, 0.25) is 0 Å². The number of nitrogens with zero attached hydrogens (tertiary/aromatic N) is 2. The van der Waals surface area contributed by atoms with Crippen LogP contribution in [-0.2, 0) is 0 Å². The van der Waals surface area contributed by atoms with Gasteiger partial charge in [-0.05, 0) is 30.7 Å². The van der Waals surface area contributed by atoms with Gasteiger partial charge in [0.15, 0.2) is 5.65 Å². The minimum atomic E-state index is -0.0627. The Labute approximate surface area is 112 Å². The van der Waals surface area contributed by atoms with E-state index < -0.39 is 0 Å². The summed E-state index contributed by atoms with van der Waals surface area (Å²) >= 11 is 0. The fraction of sp³-hybridized carbons (Fsp3) is 0.125. The van der Waals surface area contributed by atoms with Crippen LogP contribution in [0.1, 0.15) is 18.5 Å². The zero-order valence-electron chi connectivity index (χ0n) is 10.7. The molecule has 94 valence electrons. The summed E-state index contributed by atoms with van der Waals surface area (Å²) < 4.78 is 0. The summed E-state index contributed by atoms with van der Waals surface area (Å²) in [7, 11) is 0. The molecule has 0 aliphatic heterocycles. The maximum Gasteiger partial charge on any atom is 0.159 e. The van der Waals surface area contributed by atoms with Gasteiger partial charge >= 0.3 is 0 Å². The van der Waals surface area contributed by atoms with Crippen molar-refractivity contribution in [2.45, 2.75) is 13.0 Å². The number of hydrogen-bond acceptors (Lipinski definition) is 3. The number of fused-ring (bicyclic) bond motifs is 1. The lowest BCUT2D eigenvalue weighted by atomic mass is 10.00. The highest BCUT2D eigenvalue weighted by atomic mass is 14.8. The largest absolute Gasteiger partial charge is 0.324 e. The average molecular weight is 249 g/mol. The molecule has 0 aliphatic carbocycles. The third kappa shape index (κ3) is 2.20. The van der Waals surface area contributed by atoms with E-state index in [4.69, 9.17) is 5.73 Å². The van der Waals surface area contributed by atoms with E-state index in [1.165, 1.54) is 0 Å². The summed E-state index contributed by atoms with van der Waals surface area (Å²) in [6.45, 7) is 1.98. The molecule has 0 amide bonds. The number of aromatic nitrogens is 2. The van der Waals surface area contributed by atoms with Crippen molar-refractivity contribution in [1.29, 1.82) is 0 Å². The van der Waals surface area contributed by atoms with Crippen molar-refractivity contribution in [2.75, 3.05) is 0 Å². The number of hydrogen-bond donors (Lipinski definition) is 1. The molecule has 1 unspecified atom stereocenters. The van der Waals surface area contributed by atoms with Gasteiger partial charge in [-0.25, -0.2) is 9.97 Å². The molecule has 0 bridgehead atoms. The maximum atomic E-state index is 6.08. The van der Waals surface area contributed by atoms with Crippen molar-refractivity contribution < 1.29 is 0 Å². The van der Waals surface area contributed by atoms with Gasteiger partial charge in [0, 0.05) is 23.2 Å². The second-order valence-corrected chi connectivity index (χ2v) is 4.63. The molecule has 1 atom stereocenters. The van der Waals surface area contributed by atoms with E-state index in [2.05, 4.69) is 16.0 Å². The third-order valence-corrected chi connectivity index (χ3v) is 3.16. The van der Waals surface area contributed by atoms with Gasteiger partial charge in [-0.2, -0.15) is 0 Å². The molecule has 0 fully saturated rings. The summed E-state index contributed by atoms with van der Waals surface area (Å²) in [5.41, 5.74) is 9.88. The first-order valence-corrected chi connectivity index (χ1v) is 6.32. The summed E-state index contributed by atoms with van der Waals surface area (Å²) in [6, 6.07) is 16.0. The van der Waals surface area contributed by atoms with Crippen molar-refractivity contribution in [3.63, 3.8) is 0 Å². The molecule has 0 spiro atoms. The van der Waals surface area contributed by atoms with Crippen molar-refractivity contribution in [3.05, 3.63) is 60.3 Å². The highest BCUT2D eigenvalue weighted by Crippen LogP contribution is 2.28. The number of pyridine rings is 2. The molecule has 3 rings (SSSR count). The van der Waals surface area contributed by atoms with Crippen LogP contribution in [0.2, 0.25) is 0 Å². The van der Waals surface area contributed by atoms with Crippen LogP contribution in [-0.4, -0.2) is 9.97 Å². The normalized spacial score (nSPS) is 12.5. The minimum Gasteiger partial charge on any atom is -0.324 e. The van der Waals surface area contributed by atoms with E-state index in [9.17, 15) is 0 Å². The number of rotatable bonds is 2. The minimum absolute atomic E-state index is 0.0627. The van der Waals surface area contributed by atoms with Gasteiger partial charge in [-0.3, -0.25) is 0 Å². The van der Waals surface area contributed by atoms with E-state index in [-0.39, 0.29) is 6.04 Å². The topological polar surface area (TPSA) is 51.8 Å². The van der Waals surface area contributed by atoms with E-state index in [1.54, 1.807) is 6.20 Å². The van der Waals surface area contributed by atoms with Crippen LogP contribution >= 0.6 is 0 Å². The fourth-order valence-corrected chi connectivity index (χ4v) is 2.20. The van der Waals surface area contributed by atoms with E-state index in [1.807, 2.05) is 49.4 Å². The smallest absolute Gasteiger partial charge is 0.159 e. The van der Waals surface area contributed by atoms with Gasteiger partial charge in [0.25, 0.3) is 0 Å². The third-order valence-electron chi connectivity index (χ3n) is 3.16. The summed E-state index contributed by atoms with van der Waals surface area (Å²) in [5, 5.41) is 1.02. The van der Waals surface area contributed by atoms with Gasteiger partial charge in [0.1, 0.15) is 0 Å². The molecule has 1 aromatic carbocycles. The lowest BCUT2D eigenvalue weighted by Gasteiger charge is -2.13. The molecule has 3 heteroatoms. The van der Waals surface area contributed by atoms with Crippen LogP contribution in [0.25, 0.3) is 22.3 Å². The number of benzene rings is 1. The second-order valence-electron chi connectivity index (χ2n) is 4.63. The van der Waals surface area contributed by atoms with Crippen LogP contribution in [0.15, 0.2) is 54.7 Å². The van der Waals surface area contributed by atoms with Crippen molar-refractivity contribution in [1.82, 2.24) is 9.97 Å². The Bertz CT molecular complexity index is 706. The molecule has 0 radical (unpaired) electrons. The van der Waals surface area contributed by atoms with E-state index in [0.717, 1.165) is 27.9 Å². The van der Waals surface area contributed by atoms with Crippen LogP contribution in [0.5, 0.6) is 0 Å². The molecule has 3 nitrogen and oxygen atoms in total. The highest BCUT2D eigenvalue weighted by Gasteiger charge is 2.12. The molecular weight excluding hydrogens is 234 g/mol. The SMILES string of the molecule is CC(N)c1cc2cccnc2nc1-c1ccccc1. The zero-order chi connectivity index (χ0) is 13.2. The Kier molecular flexibility index (Phi) is 2.97. The Hall–Kier alpha value is -2.26. The summed E-state index contributed by atoms with van der Waals surface area (Å²) in [6.07, 6.45) is 1.76. The molecule has 0 saturated heterocycles. The van der Waals surface area contributed by atoms with Gasteiger partial charge in [-0.15, -0.1) is 0 Å². The quantitative estimate of drug-likeness (QED) is 0.758. The summed E-state index contributed by atoms with van der Waals surface area (Å²) in [4.78, 5) is 8.99. The van der Waals surface area contributed by atoms with Crippen molar-refractivity contribution in [2.24, 2.45) is 5.73 Å². The van der Waals surface area contributed by atoms with Crippen molar-refractivity contribution >= 4 is 11.0 Å². The zero-order valence-corrected chi connectivity index (χ0v) is 10.7. The standard InChI is InChI=1S/C16H15N3/c1-11(17)14-10-13-8-5-9-18-16(13)19-15(14)12-6-3-2-4-7-12/h2-11H,17H2,1H3. The Morgan fingerprint density at radius 3 is 2.58 bits per heavy atom. The van der Waals surface area contributed by atoms with Crippen molar-refractivity contribution in [3.8, 4) is 11.3 Å². The Morgan fingerprint density at radius 1 is 1.05 bits per heavy atom. The average Bonchev–Trinajstić information content (AvgIpc) is 2.46. The molecule has 0 saturated carbocycles. The molecule has 0 aliphatic rings. The van der Waals surface area contributed by atoms with Crippen LogP contribution in [0.3, 0.4) is 0 Å². The van der Waals surface area contributed by atoms with Gasteiger partial charge in [0.05, 0.1) is 5.69 Å². The first-order chi connectivity index (χ1) is 9.25. The number of nitrogens with two attached hydrogens (primary N) is 1. The van der Waals surface area contributed by atoms with E-state index in [0.29, 0.717) is 0 Å². The monoisotopic (exact) mass is 249 g/mol. The lowest BCUT2D eigenvalue weighted by molar-refractivity contribution is 0.817. The molecule has 3 aromatic rings. The Balaban J connectivity index is 2.30. The van der Waals surface area contributed by atoms with Crippen LogP contribution in [0.4, 0.5) is 0 Å². The van der Waals surface area contributed by atoms with Gasteiger partial charge in [-0.1, -0.05) is 30.3 Å². The van der Waals surface area contributed by atoms with Crippen LogP contribution in [0, 0.1) is 0 Å². The first-order valence-electron chi connectivity index (χ1n) is 6.32. The maximum absolute atomic E-state index is 6.08. The first kappa shape index (κ1) is 11.8. The molecule has 19 heavy (non-hydrogen) atoms.